The van der Waals surface area contributed by atoms with E-state index < -0.39 is 0 Å². The van der Waals surface area contributed by atoms with Gasteiger partial charge in [-0.2, -0.15) is 0 Å². The summed E-state index contributed by atoms with van der Waals surface area (Å²) < 4.78 is 0. The first-order chi connectivity index (χ1) is 19.7. The number of hydrogen-bond acceptors (Lipinski definition) is 5. The molecular formula is C35H73N5. The van der Waals surface area contributed by atoms with Crippen molar-refractivity contribution in [1.82, 2.24) is 24.5 Å². The summed E-state index contributed by atoms with van der Waals surface area (Å²) in [5.41, 5.74) is 0. The zero-order chi connectivity index (χ0) is 29.1. The standard InChI is InChI=1S/C35H73N5/c1-6-11-12-13-14-15-16-17-18-19-20-21-22-23-24-25-28-38-33-39(31-26-29-36(7-2)8-3)35-40(34-38)32-27-30-37(9-4)10-5/h17-18H,6-16,19-35H2,1-5H3. The maximum atomic E-state index is 2.73. The first kappa shape index (κ1) is 37.6. The minimum atomic E-state index is 1.15. The Kier molecular flexibility index (Phi) is 25.7. The van der Waals surface area contributed by atoms with Crippen molar-refractivity contribution in [1.29, 1.82) is 0 Å². The van der Waals surface area contributed by atoms with E-state index in [9.17, 15) is 0 Å². The Labute approximate surface area is 252 Å². The van der Waals surface area contributed by atoms with Crippen molar-refractivity contribution in [2.75, 3.05) is 78.9 Å². The fraction of sp³-hybridized carbons (Fsp3) is 0.943. The van der Waals surface area contributed by atoms with E-state index >= 15 is 0 Å². The molecule has 0 aromatic carbocycles. The van der Waals surface area contributed by atoms with Crippen molar-refractivity contribution in [3.05, 3.63) is 12.2 Å². The second-order valence-electron chi connectivity index (χ2n) is 12.3. The first-order valence-corrected chi connectivity index (χ1v) is 17.9. The van der Waals surface area contributed by atoms with Crippen LogP contribution in [0.2, 0.25) is 0 Å². The molecule has 0 amide bonds. The van der Waals surface area contributed by atoms with Crippen LogP contribution < -0.4 is 0 Å². The Balaban J connectivity index is 2.21. The molecular weight excluding hydrogens is 490 g/mol. The fourth-order valence-electron chi connectivity index (χ4n) is 6.11. The van der Waals surface area contributed by atoms with Crippen LogP contribution in [0.5, 0.6) is 0 Å². The Morgan fingerprint density at radius 2 is 0.775 bits per heavy atom. The molecule has 1 saturated heterocycles. The van der Waals surface area contributed by atoms with Gasteiger partial charge in [0.25, 0.3) is 0 Å². The predicted molar refractivity (Wildman–Crippen MR) is 179 cm³/mol. The maximum absolute atomic E-state index is 2.73. The van der Waals surface area contributed by atoms with Crippen LogP contribution >= 0.6 is 0 Å². The molecule has 5 heteroatoms. The monoisotopic (exact) mass is 564 g/mol. The predicted octanol–water partition coefficient (Wildman–Crippen LogP) is 8.28. The molecule has 0 atom stereocenters. The highest BCUT2D eigenvalue weighted by atomic mass is 15.5. The van der Waals surface area contributed by atoms with Crippen molar-refractivity contribution in [2.24, 2.45) is 0 Å². The molecule has 1 heterocycles. The quantitative estimate of drug-likeness (QED) is 0.0701. The number of rotatable bonds is 28. The highest BCUT2D eigenvalue weighted by molar-refractivity contribution is 4.81. The minimum absolute atomic E-state index is 1.15. The van der Waals surface area contributed by atoms with Crippen LogP contribution in [0, 0.1) is 0 Å². The number of hydrogen-bond donors (Lipinski definition) is 0. The van der Waals surface area contributed by atoms with Gasteiger partial charge in [-0.1, -0.05) is 105 Å². The summed E-state index contributed by atoms with van der Waals surface area (Å²) in [6.07, 6.45) is 26.9. The lowest BCUT2D eigenvalue weighted by Gasteiger charge is -2.43. The number of unbranched alkanes of at least 4 members (excludes halogenated alkanes) is 12. The van der Waals surface area contributed by atoms with E-state index in [0.717, 1.165) is 20.0 Å². The van der Waals surface area contributed by atoms with Crippen molar-refractivity contribution in [3.63, 3.8) is 0 Å². The van der Waals surface area contributed by atoms with Gasteiger partial charge in [0.2, 0.25) is 0 Å². The maximum Gasteiger partial charge on any atom is 0.0530 e. The van der Waals surface area contributed by atoms with Crippen LogP contribution in [0.4, 0.5) is 0 Å². The number of nitrogens with zero attached hydrogens (tertiary/aromatic N) is 5. The van der Waals surface area contributed by atoms with Gasteiger partial charge in [-0.25, -0.2) is 0 Å². The average Bonchev–Trinajstić information content (AvgIpc) is 2.97. The summed E-state index contributed by atoms with van der Waals surface area (Å²) in [4.78, 5) is 13.3. The lowest BCUT2D eigenvalue weighted by atomic mass is 10.1. The molecule has 0 N–H and O–H groups in total. The van der Waals surface area contributed by atoms with Gasteiger partial charge in [0.15, 0.2) is 0 Å². The van der Waals surface area contributed by atoms with Gasteiger partial charge < -0.3 is 9.80 Å². The van der Waals surface area contributed by atoms with E-state index in [1.807, 2.05) is 0 Å². The van der Waals surface area contributed by atoms with Crippen LogP contribution in [0.15, 0.2) is 12.2 Å². The van der Waals surface area contributed by atoms with E-state index in [1.54, 1.807) is 0 Å². The van der Waals surface area contributed by atoms with Gasteiger partial charge in [-0.05, 0) is 84.2 Å². The first-order valence-electron chi connectivity index (χ1n) is 17.9. The summed E-state index contributed by atoms with van der Waals surface area (Å²) in [7, 11) is 0. The fourth-order valence-corrected chi connectivity index (χ4v) is 6.11. The van der Waals surface area contributed by atoms with Gasteiger partial charge >= 0.3 is 0 Å². The smallest absolute Gasteiger partial charge is 0.0530 e. The lowest BCUT2D eigenvalue weighted by molar-refractivity contribution is -0.0322. The topological polar surface area (TPSA) is 16.2 Å². The molecule has 1 aliphatic rings. The third-order valence-electron chi connectivity index (χ3n) is 8.87. The second-order valence-corrected chi connectivity index (χ2v) is 12.3. The third-order valence-corrected chi connectivity index (χ3v) is 8.87. The van der Waals surface area contributed by atoms with Crippen LogP contribution in [0.1, 0.15) is 137 Å². The largest absolute Gasteiger partial charge is 0.304 e. The van der Waals surface area contributed by atoms with Gasteiger partial charge in [-0.15, -0.1) is 0 Å². The van der Waals surface area contributed by atoms with Crippen LogP contribution in [0.25, 0.3) is 0 Å². The van der Waals surface area contributed by atoms with Gasteiger partial charge in [-0.3, -0.25) is 14.7 Å². The molecule has 0 unspecified atom stereocenters. The molecule has 5 nitrogen and oxygen atoms in total. The van der Waals surface area contributed by atoms with Crippen molar-refractivity contribution >= 4 is 0 Å². The minimum Gasteiger partial charge on any atom is -0.304 e. The van der Waals surface area contributed by atoms with Crippen LogP contribution in [-0.4, -0.2) is 103 Å². The molecule has 238 valence electrons. The molecule has 0 spiro atoms. The zero-order valence-corrected chi connectivity index (χ0v) is 28.2. The van der Waals surface area contributed by atoms with Crippen molar-refractivity contribution in [2.45, 2.75) is 137 Å². The molecule has 1 fully saturated rings. The summed E-state index contributed by atoms with van der Waals surface area (Å²) in [6, 6.07) is 0. The van der Waals surface area contributed by atoms with E-state index in [-0.39, 0.29) is 0 Å². The van der Waals surface area contributed by atoms with Gasteiger partial charge in [0, 0.05) is 19.6 Å². The summed E-state index contributed by atoms with van der Waals surface area (Å²) in [5.74, 6) is 0. The molecule has 1 aliphatic heterocycles. The molecule has 1 rings (SSSR count). The summed E-state index contributed by atoms with van der Waals surface area (Å²) in [5, 5.41) is 0. The normalized spacial score (nSPS) is 15.9. The summed E-state index contributed by atoms with van der Waals surface area (Å²) >= 11 is 0. The van der Waals surface area contributed by atoms with E-state index in [1.165, 1.54) is 162 Å². The number of allylic oxidation sites excluding steroid dienone is 2. The highest BCUT2D eigenvalue weighted by Gasteiger charge is 2.22. The Morgan fingerprint density at radius 1 is 0.425 bits per heavy atom. The Hall–Kier alpha value is -0.460. The molecule has 0 aromatic rings. The molecule has 0 aliphatic carbocycles. The zero-order valence-electron chi connectivity index (χ0n) is 28.2. The second kappa shape index (κ2) is 27.4. The molecule has 0 saturated carbocycles. The average molecular weight is 564 g/mol. The van der Waals surface area contributed by atoms with Gasteiger partial charge in [0.05, 0.1) is 20.0 Å². The molecule has 40 heavy (non-hydrogen) atoms. The molecule has 0 aromatic heterocycles. The summed E-state index contributed by atoms with van der Waals surface area (Å²) in [6.45, 7) is 25.8. The molecule has 0 radical (unpaired) electrons. The lowest BCUT2D eigenvalue weighted by Crippen LogP contribution is -2.55. The van der Waals surface area contributed by atoms with Gasteiger partial charge in [0.1, 0.15) is 0 Å². The van der Waals surface area contributed by atoms with E-state index in [2.05, 4.69) is 71.3 Å². The van der Waals surface area contributed by atoms with E-state index in [4.69, 9.17) is 0 Å². The Bertz CT molecular complexity index is 520. The Morgan fingerprint density at radius 3 is 1.18 bits per heavy atom. The third kappa shape index (κ3) is 20.4. The molecule has 0 bridgehead atoms. The van der Waals surface area contributed by atoms with Crippen molar-refractivity contribution in [3.8, 4) is 0 Å². The van der Waals surface area contributed by atoms with Crippen LogP contribution in [-0.2, 0) is 0 Å². The van der Waals surface area contributed by atoms with Crippen molar-refractivity contribution < 1.29 is 0 Å². The van der Waals surface area contributed by atoms with Crippen LogP contribution in [0.3, 0.4) is 0 Å². The SMILES string of the molecule is CCCCCCCCC=CCCCCCCCCN1CN(CCCN(CC)CC)CN(CCCN(CC)CC)C1. The highest BCUT2D eigenvalue weighted by Crippen LogP contribution is 2.13. The van der Waals surface area contributed by atoms with E-state index in [0.29, 0.717) is 0 Å².